The number of carboxylic acid groups (broad SMARTS) is 1. The molecule has 160 valence electrons. The summed E-state index contributed by atoms with van der Waals surface area (Å²) in [5, 5.41) is 30.2. The van der Waals surface area contributed by atoms with E-state index in [0.29, 0.717) is 16.6 Å². The molecule has 0 amide bonds. The Labute approximate surface area is 170 Å². The standard InChI is InChI=1S/C22H42O4S/c1-21(2,3)14-9-15-22(4,26)16-27-19-13-12-18(23)17(19)10-7-5-6-8-11-20(24)25/h17-19,23,26H,5-16H2,1-4H3,(H,24,25). The largest absolute Gasteiger partial charge is 0.481 e. The number of carboxylic acids is 1. The smallest absolute Gasteiger partial charge is 0.303 e. The fraction of sp³-hybridized carbons (Fsp3) is 0.955. The van der Waals surface area contributed by atoms with Crippen LogP contribution in [0.2, 0.25) is 0 Å². The number of rotatable bonds is 13. The van der Waals surface area contributed by atoms with Gasteiger partial charge in [-0.3, -0.25) is 4.79 Å². The minimum atomic E-state index is -0.716. The van der Waals surface area contributed by atoms with E-state index < -0.39 is 11.6 Å². The first-order chi connectivity index (χ1) is 12.5. The van der Waals surface area contributed by atoms with Crippen LogP contribution in [0.25, 0.3) is 0 Å². The third-order valence-corrected chi connectivity index (χ3v) is 7.45. The highest BCUT2D eigenvalue weighted by Crippen LogP contribution is 2.40. The highest BCUT2D eigenvalue weighted by atomic mass is 32.2. The number of aliphatic carboxylic acids is 1. The number of unbranched alkanes of at least 4 members (excludes halogenated alkanes) is 3. The Bertz CT molecular complexity index is 431. The van der Waals surface area contributed by atoms with Crippen LogP contribution in [-0.4, -0.2) is 44.0 Å². The molecule has 1 rings (SSSR count). The Morgan fingerprint density at radius 1 is 1.00 bits per heavy atom. The second-order valence-corrected chi connectivity index (χ2v) is 11.1. The molecule has 0 aromatic carbocycles. The minimum absolute atomic E-state index is 0.215. The van der Waals surface area contributed by atoms with Crippen molar-refractivity contribution in [2.45, 2.75) is 115 Å². The van der Waals surface area contributed by atoms with Crippen molar-refractivity contribution in [3.8, 4) is 0 Å². The van der Waals surface area contributed by atoms with E-state index in [1.165, 1.54) is 0 Å². The first-order valence-corrected chi connectivity index (χ1v) is 11.8. The number of hydrogen-bond acceptors (Lipinski definition) is 4. The molecule has 27 heavy (non-hydrogen) atoms. The molecular formula is C22H42O4S. The van der Waals surface area contributed by atoms with Gasteiger partial charge in [-0.05, 0) is 56.8 Å². The van der Waals surface area contributed by atoms with Gasteiger partial charge in [-0.2, -0.15) is 11.8 Å². The van der Waals surface area contributed by atoms with Crippen LogP contribution in [0.5, 0.6) is 0 Å². The van der Waals surface area contributed by atoms with E-state index in [2.05, 4.69) is 20.8 Å². The van der Waals surface area contributed by atoms with Crippen molar-refractivity contribution >= 4 is 17.7 Å². The van der Waals surface area contributed by atoms with Crippen LogP contribution in [0.1, 0.15) is 98.3 Å². The van der Waals surface area contributed by atoms with Crippen LogP contribution < -0.4 is 0 Å². The number of thioether (sulfide) groups is 1. The highest BCUT2D eigenvalue weighted by molar-refractivity contribution is 8.00. The SMILES string of the molecule is CC(C)(C)CCCC(C)(O)CSC1CCC(O)C1CCCCCCC(=O)O. The van der Waals surface area contributed by atoms with E-state index in [1.54, 1.807) is 0 Å². The molecule has 1 fully saturated rings. The summed E-state index contributed by atoms with van der Waals surface area (Å²) in [5.41, 5.74) is -0.320. The maximum Gasteiger partial charge on any atom is 0.303 e. The zero-order valence-corrected chi connectivity index (χ0v) is 18.7. The van der Waals surface area contributed by atoms with E-state index in [0.717, 1.165) is 70.0 Å². The number of aliphatic hydroxyl groups excluding tert-OH is 1. The first-order valence-electron chi connectivity index (χ1n) is 10.7. The Hall–Kier alpha value is -0.260. The predicted octanol–water partition coefficient (Wildman–Crippen LogP) is 5.25. The van der Waals surface area contributed by atoms with E-state index in [1.807, 2.05) is 18.7 Å². The molecule has 1 aliphatic rings. The summed E-state index contributed by atoms with van der Waals surface area (Å²) in [6.45, 7) is 8.67. The lowest BCUT2D eigenvalue weighted by molar-refractivity contribution is -0.137. The predicted molar refractivity (Wildman–Crippen MR) is 114 cm³/mol. The van der Waals surface area contributed by atoms with Crippen molar-refractivity contribution in [2.24, 2.45) is 11.3 Å². The molecule has 5 heteroatoms. The molecule has 4 atom stereocenters. The van der Waals surface area contributed by atoms with Crippen molar-refractivity contribution in [1.29, 1.82) is 0 Å². The van der Waals surface area contributed by atoms with Gasteiger partial charge in [0.25, 0.3) is 0 Å². The summed E-state index contributed by atoms with van der Waals surface area (Å²) < 4.78 is 0. The Kier molecular flexibility index (Phi) is 10.7. The molecule has 3 N–H and O–H groups in total. The van der Waals surface area contributed by atoms with E-state index >= 15 is 0 Å². The van der Waals surface area contributed by atoms with Crippen LogP contribution in [0, 0.1) is 11.3 Å². The molecule has 1 aliphatic carbocycles. The van der Waals surface area contributed by atoms with Crippen LogP contribution in [-0.2, 0) is 4.79 Å². The molecular weight excluding hydrogens is 360 g/mol. The van der Waals surface area contributed by atoms with E-state index in [9.17, 15) is 15.0 Å². The lowest BCUT2D eigenvalue weighted by atomic mass is 9.87. The van der Waals surface area contributed by atoms with Gasteiger partial charge in [0, 0.05) is 17.4 Å². The molecule has 1 saturated carbocycles. The first kappa shape index (κ1) is 24.8. The normalized spacial score (nSPS) is 25.5. The lowest BCUT2D eigenvalue weighted by Gasteiger charge is -2.28. The van der Waals surface area contributed by atoms with Crippen molar-refractivity contribution in [2.75, 3.05) is 5.75 Å². The maximum atomic E-state index is 10.7. The summed E-state index contributed by atoms with van der Waals surface area (Å²) in [5.74, 6) is 0.344. The zero-order valence-electron chi connectivity index (χ0n) is 17.9. The van der Waals surface area contributed by atoms with E-state index in [4.69, 9.17) is 5.11 Å². The topological polar surface area (TPSA) is 77.8 Å². The summed E-state index contributed by atoms with van der Waals surface area (Å²) in [7, 11) is 0. The fourth-order valence-corrected chi connectivity index (χ4v) is 5.55. The monoisotopic (exact) mass is 402 g/mol. The number of aliphatic hydroxyl groups is 2. The number of carbonyl (C=O) groups is 1. The van der Waals surface area contributed by atoms with E-state index in [-0.39, 0.29) is 12.5 Å². The Morgan fingerprint density at radius 2 is 1.67 bits per heavy atom. The molecule has 0 bridgehead atoms. The Morgan fingerprint density at radius 3 is 2.30 bits per heavy atom. The molecule has 4 unspecified atom stereocenters. The second-order valence-electron chi connectivity index (χ2n) is 9.92. The van der Waals surface area contributed by atoms with Gasteiger partial charge in [0.15, 0.2) is 0 Å². The molecule has 4 nitrogen and oxygen atoms in total. The summed E-state index contributed by atoms with van der Waals surface area (Å²) in [6, 6.07) is 0. The summed E-state index contributed by atoms with van der Waals surface area (Å²) >= 11 is 1.85. The fourth-order valence-electron chi connectivity index (χ4n) is 3.96. The zero-order chi connectivity index (χ0) is 20.5. The van der Waals surface area contributed by atoms with Crippen molar-refractivity contribution in [3.05, 3.63) is 0 Å². The summed E-state index contributed by atoms with van der Waals surface area (Å²) in [4.78, 5) is 10.5. The van der Waals surface area contributed by atoms with Crippen molar-refractivity contribution in [3.63, 3.8) is 0 Å². The average molecular weight is 403 g/mol. The minimum Gasteiger partial charge on any atom is -0.481 e. The molecule has 0 aromatic heterocycles. The third-order valence-electron chi connectivity index (χ3n) is 5.65. The third kappa shape index (κ3) is 11.4. The van der Waals surface area contributed by atoms with Gasteiger partial charge in [-0.1, -0.05) is 46.5 Å². The molecule has 0 heterocycles. The van der Waals surface area contributed by atoms with Gasteiger partial charge < -0.3 is 15.3 Å². The molecule has 0 aromatic rings. The Balaban J connectivity index is 2.30. The maximum absolute atomic E-state index is 10.7. The molecule has 0 aliphatic heterocycles. The molecule has 0 saturated heterocycles. The van der Waals surface area contributed by atoms with Gasteiger partial charge in [0.2, 0.25) is 0 Å². The average Bonchev–Trinajstić information content (AvgIpc) is 2.87. The van der Waals surface area contributed by atoms with Crippen LogP contribution in [0.3, 0.4) is 0 Å². The van der Waals surface area contributed by atoms with Gasteiger partial charge in [-0.15, -0.1) is 0 Å². The van der Waals surface area contributed by atoms with Crippen LogP contribution in [0.15, 0.2) is 0 Å². The van der Waals surface area contributed by atoms with Gasteiger partial charge in [0.05, 0.1) is 11.7 Å². The van der Waals surface area contributed by atoms with Crippen molar-refractivity contribution in [1.82, 2.24) is 0 Å². The quantitative estimate of drug-likeness (QED) is 0.367. The van der Waals surface area contributed by atoms with Crippen LogP contribution in [0.4, 0.5) is 0 Å². The lowest BCUT2D eigenvalue weighted by Crippen LogP contribution is -2.30. The highest BCUT2D eigenvalue weighted by Gasteiger charge is 2.36. The van der Waals surface area contributed by atoms with Crippen LogP contribution >= 0.6 is 11.8 Å². The molecule has 0 radical (unpaired) electrons. The van der Waals surface area contributed by atoms with Gasteiger partial charge >= 0.3 is 5.97 Å². The number of hydrogen-bond donors (Lipinski definition) is 3. The molecule has 0 spiro atoms. The second kappa shape index (κ2) is 11.7. The van der Waals surface area contributed by atoms with Gasteiger partial charge in [0.1, 0.15) is 0 Å². The summed E-state index contributed by atoms with van der Waals surface area (Å²) in [6.07, 6.45) is 9.76. The van der Waals surface area contributed by atoms with Crippen molar-refractivity contribution < 1.29 is 20.1 Å². The van der Waals surface area contributed by atoms with Gasteiger partial charge in [-0.25, -0.2) is 0 Å².